The van der Waals surface area contributed by atoms with Crippen LogP contribution in [0.25, 0.3) is 0 Å². The normalized spacial score (nSPS) is 20.2. The van der Waals surface area contributed by atoms with E-state index in [1.54, 1.807) is 0 Å². The van der Waals surface area contributed by atoms with Gasteiger partial charge in [-0.25, -0.2) is 0 Å². The van der Waals surface area contributed by atoms with Crippen LogP contribution in [0.15, 0.2) is 9.52 Å². The quantitative estimate of drug-likeness (QED) is 0.422. The van der Waals surface area contributed by atoms with Crippen LogP contribution < -0.4 is 5.32 Å². The van der Waals surface area contributed by atoms with Gasteiger partial charge in [0.2, 0.25) is 5.89 Å². The van der Waals surface area contributed by atoms with Crippen LogP contribution in [0.2, 0.25) is 0 Å². The van der Waals surface area contributed by atoms with Crippen molar-refractivity contribution in [3.05, 3.63) is 11.7 Å². The van der Waals surface area contributed by atoms with E-state index in [9.17, 15) is 0 Å². The zero-order chi connectivity index (χ0) is 17.0. The minimum absolute atomic E-state index is 0. The third kappa shape index (κ3) is 5.08. The molecule has 7 heteroatoms. The summed E-state index contributed by atoms with van der Waals surface area (Å²) < 4.78 is 5.30. The average molecular weight is 461 g/mol. The van der Waals surface area contributed by atoms with E-state index in [2.05, 4.69) is 39.2 Å². The Morgan fingerprint density at radius 3 is 2.68 bits per heavy atom. The molecule has 0 aromatic carbocycles. The van der Waals surface area contributed by atoms with E-state index >= 15 is 0 Å². The number of guanidine groups is 1. The van der Waals surface area contributed by atoms with Gasteiger partial charge in [-0.2, -0.15) is 4.98 Å². The lowest BCUT2D eigenvalue weighted by molar-refractivity contribution is 0.203. The fourth-order valence-corrected chi connectivity index (χ4v) is 4.04. The van der Waals surface area contributed by atoms with Crippen molar-refractivity contribution >= 4 is 29.9 Å². The molecular weight excluding hydrogens is 429 g/mol. The molecule has 0 amide bonds. The second-order valence-corrected chi connectivity index (χ2v) is 7.66. The molecule has 2 aliphatic rings. The molecule has 0 atom stereocenters. The van der Waals surface area contributed by atoms with E-state index in [1.807, 2.05) is 7.05 Å². The van der Waals surface area contributed by atoms with E-state index < -0.39 is 0 Å². The van der Waals surface area contributed by atoms with Crippen molar-refractivity contribution < 1.29 is 4.52 Å². The van der Waals surface area contributed by atoms with Gasteiger partial charge in [0.15, 0.2) is 11.8 Å². The van der Waals surface area contributed by atoms with Gasteiger partial charge in [0.05, 0.1) is 0 Å². The minimum atomic E-state index is 0. The van der Waals surface area contributed by atoms with E-state index in [-0.39, 0.29) is 24.0 Å². The molecule has 1 spiro atoms. The maximum Gasteiger partial charge on any atom is 0.228 e. The number of nitrogens with zero attached hydrogens (tertiary/aromatic N) is 4. The van der Waals surface area contributed by atoms with E-state index in [0.717, 1.165) is 37.8 Å². The molecule has 0 radical (unpaired) electrons. The molecule has 2 heterocycles. The van der Waals surface area contributed by atoms with Gasteiger partial charge in [-0.15, -0.1) is 24.0 Å². The van der Waals surface area contributed by atoms with Crippen LogP contribution in [0.5, 0.6) is 0 Å². The second-order valence-electron chi connectivity index (χ2n) is 7.66. The Morgan fingerprint density at radius 1 is 1.28 bits per heavy atom. The van der Waals surface area contributed by atoms with Crippen molar-refractivity contribution in [1.29, 1.82) is 0 Å². The first-order valence-corrected chi connectivity index (χ1v) is 9.40. The number of nitrogens with one attached hydrogen (secondary N) is 1. The lowest BCUT2D eigenvalue weighted by Crippen LogP contribution is -2.42. The predicted octanol–water partition coefficient (Wildman–Crippen LogP) is 3.59. The van der Waals surface area contributed by atoms with E-state index in [1.165, 1.54) is 38.5 Å². The topological polar surface area (TPSA) is 66.5 Å². The molecule has 0 unspecified atom stereocenters. The second kappa shape index (κ2) is 9.19. The zero-order valence-electron chi connectivity index (χ0n) is 15.8. The summed E-state index contributed by atoms with van der Waals surface area (Å²) in [6.45, 7) is 7.20. The molecule has 1 N–H and O–H groups in total. The van der Waals surface area contributed by atoms with Crippen molar-refractivity contribution in [2.75, 3.05) is 26.7 Å². The number of likely N-dealkylation sites (tertiary alicyclic amines) is 1. The standard InChI is InChI=1S/C18H31N5O.HI/c1-14(2)16-21-15(24-22-16)7-11-20-17(19-3)23-12-10-18(13-23)8-5-4-6-9-18;/h14H,4-13H2,1-3H3,(H,19,20);1H. The molecule has 1 saturated heterocycles. The van der Waals surface area contributed by atoms with Gasteiger partial charge in [-0.3, -0.25) is 4.99 Å². The van der Waals surface area contributed by atoms with Crippen LogP contribution in [0.4, 0.5) is 0 Å². The van der Waals surface area contributed by atoms with E-state index in [4.69, 9.17) is 4.52 Å². The molecule has 1 aliphatic heterocycles. The van der Waals surface area contributed by atoms with Gasteiger partial charge in [0.1, 0.15) is 0 Å². The summed E-state index contributed by atoms with van der Waals surface area (Å²) in [5.41, 5.74) is 0.550. The van der Waals surface area contributed by atoms with Crippen molar-refractivity contribution in [2.45, 2.75) is 64.7 Å². The summed E-state index contributed by atoms with van der Waals surface area (Å²) >= 11 is 0. The lowest BCUT2D eigenvalue weighted by atomic mass is 9.73. The molecule has 6 nitrogen and oxygen atoms in total. The highest BCUT2D eigenvalue weighted by molar-refractivity contribution is 14.0. The number of rotatable bonds is 4. The number of aromatic nitrogens is 2. The maximum absolute atomic E-state index is 5.30. The largest absolute Gasteiger partial charge is 0.356 e. The Bertz CT molecular complexity index is 566. The van der Waals surface area contributed by atoms with Crippen LogP contribution in [0, 0.1) is 5.41 Å². The summed E-state index contributed by atoms with van der Waals surface area (Å²) in [7, 11) is 1.87. The van der Waals surface area contributed by atoms with Crippen LogP contribution in [0.3, 0.4) is 0 Å². The van der Waals surface area contributed by atoms with Gasteiger partial charge in [-0.05, 0) is 24.7 Å². The van der Waals surface area contributed by atoms with Crippen molar-refractivity contribution in [3.63, 3.8) is 0 Å². The fraction of sp³-hybridized carbons (Fsp3) is 0.833. The smallest absolute Gasteiger partial charge is 0.228 e. The lowest BCUT2D eigenvalue weighted by Gasteiger charge is -2.33. The Labute approximate surface area is 168 Å². The van der Waals surface area contributed by atoms with Crippen LogP contribution in [0.1, 0.15) is 70.0 Å². The maximum atomic E-state index is 5.30. The molecule has 2 fully saturated rings. The summed E-state index contributed by atoms with van der Waals surface area (Å²) in [6, 6.07) is 0. The Balaban J connectivity index is 0.00000225. The van der Waals surface area contributed by atoms with E-state index in [0.29, 0.717) is 17.2 Å². The van der Waals surface area contributed by atoms with Crippen molar-refractivity contribution in [2.24, 2.45) is 10.4 Å². The minimum Gasteiger partial charge on any atom is -0.356 e. The Hall–Kier alpha value is -0.860. The van der Waals surface area contributed by atoms with Crippen molar-refractivity contribution in [3.8, 4) is 0 Å². The predicted molar refractivity (Wildman–Crippen MR) is 111 cm³/mol. The van der Waals surface area contributed by atoms with Crippen molar-refractivity contribution in [1.82, 2.24) is 20.4 Å². The molecule has 1 aromatic rings. The molecule has 3 rings (SSSR count). The first kappa shape index (κ1) is 20.5. The summed E-state index contributed by atoms with van der Waals surface area (Å²) in [5.74, 6) is 2.81. The van der Waals surface area contributed by atoms with Gasteiger partial charge in [0.25, 0.3) is 0 Å². The number of hydrogen-bond donors (Lipinski definition) is 1. The highest BCUT2D eigenvalue weighted by Crippen LogP contribution is 2.43. The number of aliphatic imine (C=N–C) groups is 1. The van der Waals surface area contributed by atoms with Gasteiger partial charge >= 0.3 is 0 Å². The van der Waals surface area contributed by atoms with Gasteiger partial charge in [-0.1, -0.05) is 38.3 Å². The molecule has 25 heavy (non-hydrogen) atoms. The Kier molecular flexibility index (Phi) is 7.51. The van der Waals surface area contributed by atoms with Gasteiger partial charge < -0.3 is 14.7 Å². The first-order valence-electron chi connectivity index (χ1n) is 9.40. The monoisotopic (exact) mass is 461 g/mol. The number of halogens is 1. The average Bonchev–Trinajstić information content (AvgIpc) is 3.20. The molecule has 1 aromatic heterocycles. The third-order valence-electron chi connectivity index (χ3n) is 5.49. The molecule has 0 bridgehead atoms. The van der Waals surface area contributed by atoms with Gasteiger partial charge in [0, 0.05) is 39.0 Å². The zero-order valence-corrected chi connectivity index (χ0v) is 18.1. The number of hydrogen-bond acceptors (Lipinski definition) is 4. The SMILES string of the molecule is CN=C(NCCc1nc(C(C)C)no1)N1CCC2(CCCCC2)C1.I. The first-order chi connectivity index (χ1) is 11.6. The van der Waals surface area contributed by atoms with Crippen LogP contribution in [-0.2, 0) is 6.42 Å². The third-order valence-corrected chi connectivity index (χ3v) is 5.49. The highest BCUT2D eigenvalue weighted by Gasteiger charge is 2.39. The highest BCUT2D eigenvalue weighted by atomic mass is 127. The molecular formula is C18H32IN5O. The van der Waals surface area contributed by atoms with Crippen LogP contribution >= 0.6 is 24.0 Å². The summed E-state index contributed by atoms with van der Waals surface area (Å²) in [4.78, 5) is 11.3. The summed E-state index contributed by atoms with van der Waals surface area (Å²) in [6.07, 6.45) is 9.04. The molecule has 1 saturated carbocycles. The molecule has 142 valence electrons. The molecule has 1 aliphatic carbocycles. The van der Waals surface area contributed by atoms with Crippen LogP contribution in [-0.4, -0.2) is 47.7 Å². The Morgan fingerprint density at radius 2 is 2.04 bits per heavy atom. The summed E-state index contributed by atoms with van der Waals surface area (Å²) in [5, 5.41) is 7.48. The fourth-order valence-electron chi connectivity index (χ4n) is 4.04.